The minimum atomic E-state index is -0.984. The highest BCUT2D eigenvalue weighted by Gasteiger charge is 2.16. The largest absolute Gasteiger partial charge is 0.311 e. The van der Waals surface area contributed by atoms with Gasteiger partial charge in [0.25, 0.3) is 0 Å². The summed E-state index contributed by atoms with van der Waals surface area (Å²) in [5.74, 6) is 0. The molecule has 0 bridgehead atoms. The number of nitrogens with zero attached hydrogens (tertiary/aromatic N) is 1. The van der Waals surface area contributed by atoms with E-state index in [0.717, 1.165) is 32.3 Å². The number of fused-ring (bicyclic) bond motifs is 4. The highest BCUT2D eigenvalue weighted by molar-refractivity contribution is 6.08. The van der Waals surface area contributed by atoms with Crippen LogP contribution in [-0.2, 0) is 0 Å². The average Bonchev–Trinajstić information content (AvgIpc) is 3.39. The third-order valence-electron chi connectivity index (χ3n) is 9.55. The van der Waals surface area contributed by atoms with Gasteiger partial charge < -0.3 is 4.90 Å². The lowest BCUT2D eigenvalue weighted by atomic mass is 9.90. The second-order valence-corrected chi connectivity index (χ2v) is 12.8. The molecule has 0 amide bonds. The fraction of sp³-hybridized carbons (Fsp3) is 0. The number of anilines is 3. The van der Waals surface area contributed by atoms with E-state index in [-0.39, 0.29) is 11.1 Å². The molecule has 10 rings (SSSR count). The number of rotatable bonds is 7. The van der Waals surface area contributed by atoms with Gasteiger partial charge in [-0.25, -0.2) is 0 Å². The summed E-state index contributed by atoms with van der Waals surface area (Å²) in [6.07, 6.45) is 0. The maximum atomic E-state index is 9.72. The summed E-state index contributed by atoms with van der Waals surface area (Å²) in [5.41, 5.74) is -1.99. The number of benzene rings is 10. The molecule has 0 aliphatic heterocycles. The Morgan fingerprint density at radius 3 is 1.47 bits per heavy atom. The van der Waals surface area contributed by atoms with Crippen LogP contribution in [0.25, 0.3) is 76.8 Å². The van der Waals surface area contributed by atoms with E-state index in [1.807, 2.05) is 97.1 Å². The van der Waals surface area contributed by atoms with Crippen molar-refractivity contribution in [3.05, 3.63) is 224 Å². The Hall–Kier alpha value is -7.22. The van der Waals surface area contributed by atoms with Crippen LogP contribution in [0.15, 0.2) is 224 Å². The first-order chi connectivity index (χ1) is 34.4. The van der Waals surface area contributed by atoms with Gasteiger partial charge in [-0.05, 0) is 119 Å². The van der Waals surface area contributed by atoms with Gasteiger partial charge in [-0.1, -0.05) is 182 Å². The van der Waals surface area contributed by atoms with Crippen molar-refractivity contribution in [3.63, 3.8) is 0 Å². The normalized spacial score (nSPS) is 15.6. The van der Waals surface area contributed by atoms with E-state index in [9.17, 15) is 16.4 Å². The Labute approximate surface area is 345 Å². The molecule has 0 atom stereocenters. The van der Waals surface area contributed by atoms with Crippen molar-refractivity contribution >= 4 is 49.4 Å². The maximum Gasteiger partial charge on any atom is 0.0645 e. The zero-order chi connectivity index (χ0) is 51.3. The second kappa shape index (κ2) is 14.0. The zero-order valence-corrected chi connectivity index (χ0v) is 29.0. The van der Waals surface area contributed by atoms with E-state index in [1.54, 1.807) is 24.3 Å². The Morgan fingerprint density at radius 2 is 0.800 bits per heavy atom. The maximum absolute atomic E-state index is 9.72. The predicted molar refractivity (Wildman–Crippen MR) is 235 cm³/mol. The monoisotopic (exact) mass is 716 g/mol. The zero-order valence-electron chi connectivity index (χ0n) is 46.0. The molecule has 0 unspecified atom stereocenters. The number of hydrogen-bond acceptors (Lipinski definition) is 1. The lowest BCUT2D eigenvalue weighted by molar-refractivity contribution is 1.28. The summed E-state index contributed by atoms with van der Waals surface area (Å²) < 4.78 is 157. The minimum Gasteiger partial charge on any atom is -0.311 e. The Kier molecular flexibility index (Phi) is 4.88. The molecule has 0 N–H and O–H groups in total. The fourth-order valence-corrected chi connectivity index (χ4v) is 6.93. The van der Waals surface area contributed by atoms with E-state index in [2.05, 4.69) is 0 Å². The van der Waals surface area contributed by atoms with Gasteiger partial charge in [0, 0.05) is 17.1 Å². The van der Waals surface area contributed by atoms with E-state index in [4.69, 9.17) is 6.85 Å². The molecule has 1 nitrogen and oxygen atoms in total. The summed E-state index contributed by atoms with van der Waals surface area (Å²) >= 11 is 0. The van der Waals surface area contributed by atoms with E-state index < -0.39 is 131 Å². The molecule has 0 aromatic heterocycles. The third-order valence-corrected chi connectivity index (χ3v) is 9.55. The summed E-state index contributed by atoms with van der Waals surface area (Å²) in [7, 11) is 0. The SMILES string of the molecule is [2H]c1c([2H])c([2H])c(-c2c([2H])c([2H])c(N(c3c([2H])c([2H])c(-c4ccc5c(ccc6ccccc65)c4)c([2H])c3[2H])c3c([2H])c([2H])c(-c4ccc5ccccc5c4-c4ccccc4)c([2H])c3[2H])c([2H])c2[2H])c([2H])c1[2H]. The standard InChI is InChI=1S/C54H37N/c1-3-11-38(12-4-1)39-21-29-47(30-22-39)55(48-31-23-40(24-32-48)45-28-35-51-46(37-45)20-19-41-13-7-9-17-50(41)51)49-33-25-43(26-34-49)53-36-27-42-14-8-10-18-52(42)54(53)44-15-5-2-6-16-44/h1-37H/i1D,3D,4D,11D,12D,21D,22D,23D,24D,25D,26D,29D,30D,31D,32D,33D,34D. The van der Waals surface area contributed by atoms with Crippen LogP contribution in [0, 0.1) is 0 Å². The molecular weight excluding hydrogens is 663 g/mol. The lowest BCUT2D eigenvalue weighted by Gasteiger charge is -2.26. The molecule has 0 spiro atoms. The van der Waals surface area contributed by atoms with Crippen LogP contribution in [0.2, 0.25) is 0 Å². The van der Waals surface area contributed by atoms with Crippen molar-refractivity contribution in [2.45, 2.75) is 0 Å². The van der Waals surface area contributed by atoms with Gasteiger partial charge in [0.2, 0.25) is 0 Å². The first-order valence-corrected chi connectivity index (χ1v) is 17.5. The summed E-state index contributed by atoms with van der Waals surface area (Å²) in [6.45, 7) is 0. The highest BCUT2D eigenvalue weighted by atomic mass is 15.1. The molecule has 55 heavy (non-hydrogen) atoms. The Balaban J connectivity index is 1.28. The van der Waals surface area contributed by atoms with Crippen molar-refractivity contribution in [2.24, 2.45) is 0 Å². The van der Waals surface area contributed by atoms with Gasteiger partial charge in [-0.3, -0.25) is 0 Å². The minimum absolute atomic E-state index is 0.139. The van der Waals surface area contributed by atoms with Crippen molar-refractivity contribution in [1.82, 2.24) is 0 Å². The molecule has 0 saturated carbocycles. The smallest absolute Gasteiger partial charge is 0.0645 e. The molecule has 1 heteroatoms. The summed E-state index contributed by atoms with van der Waals surface area (Å²) in [4.78, 5) is 0.687. The average molecular weight is 717 g/mol. The van der Waals surface area contributed by atoms with Crippen molar-refractivity contribution < 1.29 is 23.3 Å². The van der Waals surface area contributed by atoms with Gasteiger partial charge in [0.15, 0.2) is 0 Å². The molecule has 0 saturated heterocycles. The molecule has 258 valence electrons. The first-order valence-electron chi connectivity index (χ1n) is 26.0. The van der Waals surface area contributed by atoms with Crippen LogP contribution in [-0.4, -0.2) is 0 Å². The molecular formula is C54H37N. The van der Waals surface area contributed by atoms with Gasteiger partial charge in [-0.2, -0.15) is 0 Å². The second-order valence-electron chi connectivity index (χ2n) is 12.8. The van der Waals surface area contributed by atoms with Crippen LogP contribution in [0.5, 0.6) is 0 Å². The van der Waals surface area contributed by atoms with E-state index in [1.165, 1.54) is 0 Å². The van der Waals surface area contributed by atoms with Gasteiger partial charge in [0.05, 0.1) is 23.3 Å². The molecule has 10 aromatic carbocycles. The van der Waals surface area contributed by atoms with Crippen molar-refractivity contribution in [3.8, 4) is 44.5 Å². The van der Waals surface area contributed by atoms with Crippen LogP contribution < -0.4 is 4.90 Å². The summed E-state index contributed by atoms with van der Waals surface area (Å²) in [6, 6.07) is 23.3. The quantitative estimate of drug-likeness (QED) is 0.148. The van der Waals surface area contributed by atoms with Crippen molar-refractivity contribution in [2.75, 3.05) is 4.90 Å². The van der Waals surface area contributed by atoms with E-state index in [0.29, 0.717) is 27.2 Å². The Bertz CT molecular complexity index is 3850. The van der Waals surface area contributed by atoms with Gasteiger partial charge in [-0.15, -0.1) is 0 Å². The van der Waals surface area contributed by atoms with Crippen LogP contribution in [0.1, 0.15) is 23.3 Å². The molecule has 0 aliphatic rings. The molecule has 0 fully saturated rings. The fourth-order valence-electron chi connectivity index (χ4n) is 6.93. The van der Waals surface area contributed by atoms with Gasteiger partial charge >= 0.3 is 0 Å². The van der Waals surface area contributed by atoms with Crippen LogP contribution in [0.3, 0.4) is 0 Å². The van der Waals surface area contributed by atoms with Crippen LogP contribution >= 0.6 is 0 Å². The third kappa shape index (κ3) is 6.12. The predicted octanol–water partition coefficient (Wildman–Crippen LogP) is 15.3. The van der Waals surface area contributed by atoms with Crippen LogP contribution in [0.4, 0.5) is 17.1 Å². The van der Waals surface area contributed by atoms with Crippen molar-refractivity contribution in [1.29, 1.82) is 0 Å². The highest BCUT2D eigenvalue weighted by Crippen LogP contribution is 2.41. The summed E-state index contributed by atoms with van der Waals surface area (Å²) in [5, 5.41) is 5.12. The lowest BCUT2D eigenvalue weighted by Crippen LogP contribution is -2.09. The molecule has 0 aliphatic carbocycles. The first kappa shape index (κ1) is 19.2. The number of hydrogen-bond donors (Lipinski definition) is 0. The van der Waals surface area contributed by atoms with E-state index >= 15 is 0 Å². The molecule has 0 heterocycles. The van der Waals surface area contributed by atoms with Gasteiger partial charge in [0.1, 0.15) is 0 Å². The Morgan fingerprint density at radius 1 is 0.309 bits per heavy atom. The molecule has 10 aromatic rings. The molecule has 0 radical (unpaired) electrons. The topological polar surface area (TPSA) is 3.24 Å².